The van der Waals surface area contributed by atoms with Crippen molar-refractivity contribution in [2.45, 2.75) is 52.1 Å². The second-order valence-electron chi connectivity index (χ2n) is 7.04. The Morgan fingerprint density at radius 1 is 1.21 bits per heavy atom. The van der Waals surface area contributed by atoms with Gasteiger partial charge < -0.3 is 15.2 Å². The minimum absolute atomic E-state index is 0. The molecule has 0 saturated carbocycles. The van der Waals surface area contributed by atoms with Crippen molar-refractivity contribution in [2.24, 2.45) is 4.99 Å². The van der Waals surface area contributed by atoms with Crippen molar-refractivity contribution in [2.75, 3.05) is 13.1 Å². The van der Waals surface area contributed by atoms with Crippen LogP contribution in [0.25, 0.3) is 0 Å². The van der Waals surface area contributed by atoms with E-state index in [1.807, 2.05) is 18.7 Å². The van der Waals surface area contributed by atoms with E-state index in [1.165, 1.54) is 36.8 Å². The standard InChI is InChI=1S/C22H31N5.HI/c1-2-24-22(25-12-11-19-7-4-3-5-8-19)26-16-20-9-6-10-21(15-20)17-27-14-13-23-18-27;/h6-7,9-10,13-15,18H,2-5,8,11-12,16-17H2,1H3,(H2,24,25,26);1H. The fourth-order valence-corrected chi connectivity index (χ4v) is 3.40. The molecule has 0 spiro atoms. The molecule has 1 aliphatic rings. The Bertz CT molecular complexity index is 752. The van der Waals surface area contributed by atoms with Gasteiger partial charge >= 0.3 is 0 Å². The number of allylic oxidation sites excluding steroid dienone is 1. The molecule has 0 unspecified atom stereocenters. The average molecular weight is 493 g/mol. The average Bonchev–Trinajstić information content (AvgIpc) is 3.20. The van der Waals surface area contributed by atoms with Crippen LogP contribution in [0.1, 0.15) is 50.2 Å². The monoisotopic (exact) mass is 493 g/mol. The van der Waals surface area contributed by atoms with Crippen molar-refractivity contribution in [3.8, 4) is 0 Å². The Balaban J connectivity index is 0.00000280. The van der Waals surface area contributed by atoms with E-state index in [9.17, 15) is 0 Å². The van der Waals surface area contributed by atoms with E-state index in [4.69, 9.17) is 4.99 Å². The molecule has 152 valence electrons. The van der Waals surface area contributed by atoms with Gasteiger partial charge in [0.1, 0.15) is 0 Å². The zero-order valence-electron chi connectivity index (χ0n) is 16.7. The molecule has 2 aromatic rings. The summed E-state index contributed by atoms with van der Waals surface area (Å²) >= 11 is 0. The molecule has 0 bridgehead atoms. The highest BCUT2D eigenvalue weighted by Gasteiger charge is 2.04. The van der Waals surface area contributed by atoms with E-state index in [0.29, 0.717) is 6.54 Å². The summed E-state index contributed by atoms with van der Waals surface area (Å²) in [5.74, 6) is 0.897. The smallest absolute Gasteiger partial charge is 0.191 e. The molecule has 1 heterocycles. The number of benzene rings is 1. The van der Waals surface area contributed by atoms with Gasteiger partial charge in [0, 0.05) is 32.0 Å². The Morgan fingerprint density at radius 2 is 2.11 bits per heavy atom. The molecular formula is C22H32IN5. The van der Waals surface area contributed by atoms with Gasteiger partial charge in [-0.1, -0.05) is 35.9 Å². The van der Waals surface area contributed by atoms with Crippen LogP contribution < -0.4 is 10.6 Å². The van der Waals surface area contributed by atoms with Crippen LogP contribution in [-0.4, -0.2) is 28.6 Å². The van der Waals surface area contributed by atoms with Gasteiger partial charge in [-0.05, 0) is 50.2 Å². The van der Waals surface area contributed by atoms with Gasteiger partial charge in [-0.2, -0.15) is 0 Å². The Labute approximate surface area is 185 Å². The third-order valence-corrected chi connectivity index (χ3v) is 4.80. The number of guanidine groups is 1. The third-order valence-electron chi connectivity index (χ3n) is 4.80. The van der Waals surface area contributed by atoms with Crippen LogP contribution in [0.4, 0.5) is 0 Å². The number of rotatable bonds is 8. The zero-order chi connectivity index (χ0) is 18.7. The van der Waals surface area contributed by atoms with E-state index in [1.54, 1.807) is 5.57 Å². The van der Waals surface area contributed by atoms with Gasteiger partial charge in [0.15, 0.2) is 5.96 Å². The van der Waals surface area contributed by atoms with Gasteiger partial charge in [0.2, 0.25) is 0 Å². The first-order chi connectivity index (χ1) is 13.3. The first-order valence-corrected chi connectivity index (χ1v) is 10.1. The Hall–Kier alpha value is -1.83. The number of nitrogens with one attached hydrogen (secondary N) is 2. The van der Waals surface area contributed by atoms with E-state index < -0.39 is 0 Å². The van der Waals surface area contributed by atoms with Crippen LogP contribution in [0.2, 0.25) is 0 Å². The van der Waals surface area contributed by atoms with E-state index in [0.717, 1.165) is 32.0 Å². The summed E-state index contributed by atoms with van der Waals surface area (Å²) < 4.78 is 2.08. The number of aliphatic imine (C=N–C) groups is 1. The summed E-state index contributed by atoms with van der Waals surface area (Å²) in [4.78, 5) is 8.86. The fourth-order valence-electron chi connectivity index (χ4n) is 3.40. The van der Waals surface area contributed by atoms with Crippen LogP contribution in [0.15, 0.2) is 59.6 Å². The minimum Gasteiger partial charge on any atom is -0.357 e. The van der Waals surface area contributed by atoms with Crippen molar-refractivity contribution < 1.29 is 0 Å². The molecule has 1 aromatic heterocycles. The Kier molecular flexibility index (Phi) is 10.1. The van der Waals surface area contributed by atoms with Crippen molar-refractivity contribution in [1.29, 1.82) is 0 Å². The summed E-state index contributed by atoms with van der Waals surface area (Å²) in [6.45, 7) is 5.43. The van der Waals surface area contributed by atoms with Gasteiger partial charge in [0.05, 0.1) is 12.9 Å². The zero-order valence-corrected chi connectivity index (χ0v) is 19.1. The summed E-state index contributed by atoms with van der Waals surface area (Å²) in [5.41, 5.74) is 4.08. The lowest BCUT2D eigenvalue weighted by Gasteiger charge is -2.15. The topological polar surface area (TPSA) is 54.2 Å². The summed E-state index contributed by atoms with van der Waals surface area (Å²) in [7, 11) is 0. The largest absolute Gasteiger partial charge is 0.357 e. The number of nitrogens with zero attached hydrogens (tertiary/aromatic N) is 3. The van der Waals surface area contributed by atoms with Crippen molar-refractivity contribution >= 4 is 29.9 Å². The van der Waals surface area contributed by atoms with Crippen molar-refractivity contribution in [3.05, 3.63) is 65.8 Å². The second kappa shape index (κ2) is 12.6. The molecule has 3 rings (SSSR count). The van der Waals surface area contributed by atoms with Crippen LogP contribution >= 0.6 is 24.0 Å². The SMILES string of the molecule is CCNC(=NCc1cccc(Cn2ccnc2)c1)NCCC1=CCCCC1.I. The second-order valence-corrected chi connectivity index (χ2v) is 7.04. The maximum atomic E-state index is 4.76. The maximum absolute atomic E-state index is 4.76. The predicted molar refractivity (Wildman–Crippen MR) is 127 cm³/mol. The van der Waals surface area contributed by atoms with Gasteiger partial charge in [-0.3, -0.25) is 0 Å². The van der Waals surface area contributed by atoms with Crippen LogP contribution in [0.3, 0.4) is 0 Å². The molecule has 0 amide bonds. The summed E-state index contributed by atoms with van der Waals surface area (Å²) in [6.07, 6.45) is 14.4. The van der Waals surface area contributed by atoms with E-state index >= 15 is 0 Å². The molecule has 0 fully saturated rings. The van der Waals surface area contributed by atoms with Crippen LogP contribution in [-0.2, 0) is 13.1 Å². The van der Waals surface area contributed by atoms with Gasteiger partial charge in [-0.15, -0.1) is 24.0 Å². The Morgan fingerprint density at radius 3 is 2.86 bits per heavy atom. The van der Waals surface area contributed by atoms with E-state index in [-0.39, 0.29) is 24.0 Å². The van der Waals surface area contributed by atoms with Crippen molar-refractivity contribution in [1.82, 2.24) is 20.2 Å². The van der Waals surface area contributed by atoms with Crippen LogP contribution in [0, 0.1) is 0 Å². The number of halogens is 1. The molecule has 0 atom stereocenters. The number of aromatic nitrogens is 2. The molecular weight excluding hydrogens is 461 g/mol. The lowest BCUT2D eigenvalue weighted by atomic mass is 9.97. The molecule has 28 heavy (non-hydrogen) atoms. The molecule has 0 saturated heterocycles. The van der Waals surface area contributed by atoms with Gasteiger partial charge in [-0.25, -0.2) is 9.98 Å². The molecule has 1 aromatic carbocycles. The number of hydrogen-bond donors (Lipinski definition) is 2. The molecule has 0 radical (unpaired) electrons. The highest BCUT2D eigenvalue weighted by Crippen LogP contribution is 2.19. The van der Waals surface area contributed by atoms with Gasteiger partial charge in [0.25, 0.3) is 0 Å². The van der Waals surface area contributed by atoms with E-state index in [2.05, 4.69) is 57.4 Å². The normalized spacial score (nSPS) is 14.2. The maximum Gasteiger partial charge on any atom is 0.191 e. The molecule has 0 aliphatic heterocycles. The quantitative estimate of drug-likeness (QED) is 0.247. The summed E-state index contributed by atoms with van der Waals surface area (Å²) in [5, 5.41) is 6.82. The van der Waals surface area contributed by atoms with Crippen LogP contribution in [0.5, 0.6) is 0 Å². The first kappa shape index (κ1) is 22.5. The first-order valence-electron chi connectivity index (χ1n) is 10.1. The lowest BCUT2D eigenvalue weighted by molar-refractivity contribution is 0.665. The highest BCUT2D eigenvalue weighted by molar-refractivity contribution is 14.0. The minimum atomic E-state index is 0. The third kappa shape index (κ3) is 7.66. The molecule has 1 aliphatic carbocycles. The fraction of sp³-hybridized carbons (Fsp3) is 0.455. The highest BCUT2D eigenvalue weighted by atomic mass is 127. The number of imidazole rings is 1. The number of hydrogen-bond acceptors (Lipinski definition) is 2. The van der Waals surface area contributed by atoms with Crippen molar-refractivity contribution in [3.63, 3.8) is 0 Å². The molecule has 5 nitrogen and oxygen atoms in total. The molecule has 6 heteroatoms. The molecule has 2 N–H and O–H groups in total. The predicted octanol–water partition coefficient (Wildman–Crippen LogP) is 4.50. The summed E-state index contributed by atoms with van der Waals surface area (Å²) in [6, 6.07) is 8.61. The lowest BCUT2D eigenvalue weighted by Crippen LogP contribution is -2.37.